The van der Waals surface area contributed by atoms with Gasteiger partial charge in [0.1, 0.15) is 0 Å². The van der Waals surface area contributed by atoms with Gasteiger partial charge >= 0.3 is 0 Å². The highest BCUT2D eigenvalue weighted by atomic mass is 15.0. The molecule has 1 heteroatoms. The van der Waals surface area contributed by atoms with Crippen LogP contribution in [-0.4, -0.2) is 13.1 Å². The Bertz CT molecular complexity index is 152. The highest BCUT2D eigenvalue weighted by molar-refractivity contribution is 4.98. The van der Waals surface area contributed by atoms with E-state index < -0.39 is 0 Å². The Hall–Kier alpha value is -0.0400. The summed E-state index contributed by atoms with van der Waals surface area (Å²) < 4.78 is 0. The van der Waals surface area contributed by atoms with Crippen LogP contribution in [0, 0.1) is 17.3 Å². The van der Waals surface area contributed by atoms with E-state index in [9.17, 15) is 0 Å². The molecular formula is C10H21N. The maximum atomic E-state index is 3.40. The van der Waals surface area contributed by atoms with Crippen LogP contribution in [0.5, 0.6) is 0 Å². The molecule has 1 saturated heterocycles. The lowest BCUT2D eigenvalue weighted by molar-refractivity contribution is 0.164. The molecule has 0 aromatic rings. The largest absolute Gasteiger partial charge is 0.316 e. The molecule has 11 heavy (non-hydrogen) atoms. The molecule has 0 amide bonds. The first-order valence-corrected chi connectivity index (χ1v) is 4.93. The number of nitrogens with one attached hydrogen (secondary N) is 1. The van der Waals surface area contributed by atoms with Gasteiger partial charge in [0.05, 0.1) is 0 Å². The molecule has 2 aliphatic rings. The average molecular weight is 155 g/mol. The Labute approximate surface area is 71.0 Å². The first-order valence-electron chi connectivity index (χ1n) is 4.93. The summed E-state index contributed by atoms with van der Waals surface area (Å²) >= 11 is 0. The predicted molar refractivity (Wildman–Crippen MR) is 49.6 cm³/mol. The van der Waals surface area contributed by atoms with Crippen LogP contribution in [0.2, 0.25) is 0 Å². The number of rotatable bonds is 1. The molecule has 0 aromatic heterocycles. The van der Waals surface area contributed by atoms with Crippen molar-refractivity contribution in [2.24, 2.45) is 17.3 Å². The summed E-state index contributed by atoms with van der Waals surface area (Å²) in [6, 6.07) is 0. The van der Waals surface area contributed by atoms with Gasteiger partial charge in [0.15, 0.2) is 0 Å². The molecule has 0 aromatic carbocycles. The zero-order valence-electron chi connectivity index (χ0n) is 7.69. The third-order valence-electron chi connectivity index (χ3n) is 3.68. The molecule has 1 saturated carbocycles. The fraction of sp³-hybridized carbons (Fsp3) is 1.00. The smallest absolute Gasteiger partial charge is 0.00203 e. The van der Waals surface area contributed by atoms with Gasteiger partial charge < -0.3 is 5.32 Å². The Morgan fingerprint density at radius 1 is 1.45 bits per heavy atom. The van der Waals surface area contributed by atoms with Crippen molar-refractivity contribution in [3.05, 3.63) is 0 Å². The van der Waals surface area contributed by atoms with E-state index in [0.29, 0.717) is 0 Å². The first-order chi connectivity index (χ1) is 5.22. The second-order valence-corrected chi connectivity index (χ2v) is 4.85. The predicted octanol–water partition coefficient (Wildman–Crippen LogP) is 2.28. The zero-order valence-corrected chi connectivity index (χ0v) is 7.69. The summed E-state index contributed by atoms with van der Waals surface area (Å²) in [6.45, 7) is 7.35. The lowest BCUT2D eigenvalue weighted by atomic mass is 9.78. The molecule has 1 N–H and O–H groups in total. The first kappa shape index (κ1) is 7.60. The molecule has 1 unspecified atom stereocenters. The molecule has 1 heterocycles. The summed E-state index contributed by atoms with van der Waals surface area (Å²) in [5, 5.41) is 3.40. The molecule has 2 fully saturated rings. The van der Waals surface area contributed by atoms with Crippen LogP contribution in [-0.2, 0) is 0 Å². The maximum absolute atomic E-state index is 3.40. The molecule has 1 nitrogen and oxygen atoms in total. The SMILES string of the molecule is CC(C)C1CCC2(CNC2)C1.[HH]. The third-order valence-corrected chi connectivity index (χ3v) is 3.68. The van der Waals surface area contributed by atoms with E-state index in [1.807, 2.05) is 0 Å². The van der Waals surface area contributed by atoms with Gasteiger partial charge in [-0.3, -0.25) is 0 Å². The van der Waals surface area contributed by atoms with Gasteiger partial charge in [-0.2, -0.15) is 0 Å². The molecule has 1 atom stereocenters. The lowest BCUT2D eigenvalue weighted by Crippen LogP contribution is -2.51. The monoisotopic (exact) mass is 155 g/mol. The molecule has 1 aliphatic carbocycles. The fourth-order valence-electron chi connectivity index (χ4n) is 2.62. The molecule has 1 spiro atoms. The minimum absolute atomic E-state index is 0. The summed E-state index contributed by atoms with van der Waals surface area (Å²) in [4.78, 5) is 0. The molecule has 0 radical (unpaired) electrons. The molecule has 1 aliphatic heterocycles. The van der Waals surface area contributed by atoms with Gasteiger partial charge in [0.25, 0.3) is 0 Å². The van der Waals surface area contributed by atoms with Crippen molar-refractivity contribution >= 4 is 0 Å². The second kappa shape index (κ2) is 2.48. The minimum Gasteiger partial charge on any atom is -0.316 e. The van der Waals surface area contributed by atoms with E-state index >= 15 is 0 Å². The summed E-state index contributed by atoms with van der Waals surface area (Å²) in [5.41, 5.74) is 0.759. The van der Waals surface area contributed by atoms with Gasteiger partial charge in [0, 0.05) is 14.5 Å². The van der Waals surface area contributed by atoms with Crippen molar-refractivity contribution in [1.82, 2.24) is 5.32 Å². The Balaban J connectivity index is 0.000000720. The van der Waals surface area contributed by atoms with E-state index in [-0.39, 0.29) is 1.43 Å². The van der Waals surface area contributed by atoms with Crippen LogP contribution in [0.15, 0.2) is 0 Å². The third kappa shape index (κ3) is 1.20. The van der Waals surface area contributed by atoms with Crippen molar-refractivity contribution in [1.29, 1.82) is 0 Å². The Morgan fingerprint density at radius 2 is 2.18 bits per heavy atom. The van der Waals surface area contributed by atoms with E-state index in [1.54, 1.807) is 0 Å². The second-order valence-electron chi connectivity index (χ2n) is 4.85. The summed E-state index contributed by atoms with van der Waals surface area (Å²) in [5.74, 6) is 1.94. The lowest BCUT2D eigenvalue weighted by Gasteiger charge is -2.39. The highest BCUT2D eigenvalue weighted by Crippen LogP contribution is 2.46. The van der Waals surface area contributed by atoms with E-state index in [0.717, 1.165) is 17.3 Å². The van der Waals surface area contributed by atoms with Gasteiger partial charge in [-0.25, -0.2) is 0 Å². The quantitative estimate of drug-likeness (QED) is 0.612. The average Bonchev–Trinajstić information content (AvgIpc) is 2.28. The molecule has 66 valence electrons. The van der Waals surface area contributed by atoms with Crippen LogP contribution >= 0.6 is 0 Å². The van der Waals surface area contributed by atoms with Crippen LogP contribution in [0.25, 0.3) is 0 Å². The van der Waals surface area contributed by atoms with E-state index in [4.69, 9.17) is 0 Å². The molecular weight excluding hydrogens is 134 g/mol. The minimum atomic E-state index is 0. The maximum Gasteiger partial charge on any atom is 0.00203 e. The van der Waals surface area contributed by atoms with Gasteiger partial charge in [-0.05, 0) is 36.5 Å². The number of hydrogen-bond acceptors (Lipinski definition) is 1. The van der Waals surface area contributed by atoms with E-state index in [2.05, 4.69) is 19.2 Å². The van der Waals surface area contributed by atoms with Crippen LogP contribution < -0.4 is 5.32 Å². The molecule has 0 bridgehead atoms. The number of hydrogen-bond donors (Lipinski definition) is 1. The highest BCUT2D eigenvalue weighted by Gasteiger charge is 2.43. The van der Waals surface area contributed by atoms with Crippen molar-refractivity contribution in [3.8, 4) is 0 Å². The summed E-state index contributed by atoms with van der Waals surface area (Å²) in [6.07, 6.45) is 4.47. The van der Waals surface area contributed by atoms with Gasteiger partial charge in [0.2, 0.25) is 0 Å². The van der Waals surface area contributed by atoms with E-state index in [1.165, 1.54) is 32.4 Å². The zero-order chi connectivity index (χ0) is 7.90. The van der Waals surface area contributed by atoms with Gasteiger partial charge in [-0.1, -0.05) is 13.8 Å². The van der Waals surface area contributed by atoms with Crippen molar-refractivity contribution in [2.75, 3.05) is 13.1 Å². The fourth-order valence-corrected chi connectivity index (χ4v) is 2.62. The topological polar surface area (TPSA) is 12.0 Å². The van der Waals surface area contributed by atoms with Crippen LogP contribution in [0.4, 0.5) is 0 Å². The van der Waals surface area contributed by atoms with Gasteiger partial charge in [-0.15, -0.1) is 0 Å². The normalized spacial score (nSPS) is 34.6. The Morgan fingerprint density at radius 3 is 2.45 bits per heavy atom. The van der Waals surface area contributed by atoms with Crippen molar-refractivity contribution in [3.63, 3.8) is 0 Å². The van der Waals surface area contributed by atoms with Crippen LogP contribution in [0.1, 0.15) is 34.5 Å². The Kier molecular flexibility index (Phi) is 1.71. The summed E-state index contributed by atoms with van der Waals surface area (Å²) in [7, 11) is 0. The molecule has 2 rings (SSSR count). The standard InChI is InChI=1S/C10H19N.H2/c1-8(2)9-3-4-10(5-9)6-11-7-10;/h8-9,11H,3-7H2,1-2H3;1H. The van der Waals surface area contributed by atoms with Crippen molar-refractivity contribution in [2.45, 2.75) is 33.1 Å². The van der Waals surface area contributed by atoms with Crippen LogP contribution in [0.3, 0.4) is 0 Å². The van der Waals surface area contributed by atoms with Crippen molar-refractivity contribution < 1.29 is 1.43 Å².